The van der Waals surface area contributed by atoms with Crippen molar-refractivity contribution in [1.29, 1.82) is 5.26 Å². The van der Waals surface area contributed by atoms with E-state index >= 15 is 0 Å². The van der Waals surface area contributed by atoms with E-state index in [2.05, 4.69) is 25.5 Å². The zero-order valence-corrected chi connectivity index (χ0v) is 13.7. The molecule has 10 nitrogen and oxygen atoms in total. The number of carbonyl (C=O) groups is 2. The van der Waals surface area contributed by atoms with Gasteiger partial charge >= 0.3 is 5.97 Å². The second-order valence-corrected chi connectivity index (χ2v) is 5.23. The smallest absolute Gasteiger partial charge is 0.341 e. The molecule has 1 atom stereocenters. The summed E-state index contributed by atoms with van der Waals surface area (Å²) >= 11 is 0. The van der Waals surface area contributed by atoms with Crippen LogP contribution in [0.5, 0.6) is 0 Å². The van der Waals surface area contributed by atoms with Crippen molar-refractivity contribution in [2.24, 2.45) is 0 Å². The number of nitrogens with zero attached hydrogens (tertiary/aromatic N) is 4. The number of oxazole rings is 1. The third-order valence-corrected chi connectivity index (χ3v) is 3.56. The first-order valence-corrected chi connectivity index (χ1v) is 7.72. The van der Waals surface area contributed by atoms with Gasteiger partial charge in [-0.25, -0.2) is 9.78 Å². The van der Waals surface area contributed by atoms with E-state index in [9.17, 15) is 9.59 Å². The molecule has 3 aromatic rings. The number of fused-ring (bicyclic) bond motifs is 1. The lowest BCUT2D eigenvalue weighted by Crippen LogP contribution is -2.24. The van der Waals surface area contributed by atoms with Crippen LogP contribution < -0.4 is 5.32 Å². The molecule has 132 valence electrons. The van der Waals surface area contributed by atoms with Crippen molar-refractivity contribution in [3.63, 3.8) is 0 Å². The van der Waals surface area contributed by atoms with Crippen molar-refractivity contribution < 1.29 is 18.7 Å². The van der Waals surface area contributed by atoms with Gasteiger partial charge in [0.1, 0.15) is 12.8 Å². The van der Waals surface area contributed by atoms with Crippen LogP contribution in [0.15, 0.2) is 29.3 Å². The van der Waals surface area contributed by atoms with Gasteiger partial charge in [0.2, 0.25) is 5.89 Å². The Morgan fingerprint density at radius 1 is 1.42 bits per heavy atom. The molecule has 0 fully saturated rings. The zero-order valence-electron chi connectivity index (χ0n) is 13.7. The highest BCUT2D eigenvalue weighted by Crippen LogP contribution is 2.24. The van der Waals surface area contributed by atoms with E-state index in [4.69, 9.17) is 14.4 Å². The second kappa shape index (κ2) is 7.43. The summed E-state index contributed by atoms with van der Waals surface area (Å²) in [4.78, 5) is 32.3. The molecular formula is C16H14N6O4. The lowest BCUT2D eigenvalue weighted by molar-refractivity contribution is 0.0222. The molecule has 10 heteroatoms. The highest BCUT2D eigenvalue weighted by Gasteiger charge is 2.24. The number of H-pyrrole nitrogens is 1. The minimum absolute atomic E-state index is 0.00310. The third-order valence-electron chi connectivity index (χ3n) is 3.56. The average molecular weight is 354 g/mol. The van der Waals surface area contributed by atoms with Gasteiger partial charge in [-0.15, -0.1) is 0 Å². The maximum absolute atomic E-state index is 12.5. The molecule has 1 unspecified atom stereocenters. The minimum atomic E-state index is -0.776. The number of aromatic nitrogens is 4. The van der Waals surface area contributed by atoms with Crippen molar-refractivity contribution in [3.05, 3.63) is 42.0 Å². The highest BCUT2D eigenvalue weighted by atomic mass is 16.6. The minimum Gasteiger partial charge on any atom is -0.449 e. The van der Waals surface area contributed by atoms with Crippen LogP contribution >= 0.6 is 0 Å². The van der Waals surface area contributed by atoms with Crippen LogP contribution in [0.1, 0.15) is 46.2 Å². The van der Waals surface area contributed by atoms with Crippen molar-refractivity contribution in [2.75, 3.05) is 6.54 Å². The van der Waals surface area contributed by atoms with Crippen molar-refractivity contribution in [1.82, 2.24) is 25.5 Å². The summed E-state index contributed by atoms with van der Waals surface area (Å²) in [5, 5.41) is 18.0. The molecule has 0 saturated heterocycles. The number of nitrogens with one attached hydrogen (secondary N) is 2. The molecule has 0 aliphatic rings. The lowest BCUT2D eigenvalue weighted by atomic mass is 10.2. The number of hydrogen-bond donors (Lipinski definition) is 2. The number of hydrogen-bond acceptors (Lipinski definition) is 8. The summed E-state index contributed by atoms with van der Waals surface area (Å²) in [6.07, 6.45) is 5.22. The fourth-order valence-electron chi connectivity index (χ4n) is 2.28. The van der Waals surface area contributed by atoms with Crippen LogP contribution in [0.25, 0.3) is 10.9 Å². The van der Waals surface area contributed by atoms with Crippen LogP contribution in [-0.2, 0) is 4.74 Å². The summed E-state index contributed by atoms with van der Waals surface area (Å²) in [6, 6.07) is 1.79. The van der Waals surface area contributed by atoms with Crippen LogP contribution in [0.2, 0.25) is 0 Å². The van der Waals surface area contributed by atoms with Gasteiger partial charge in [-0.1, -0.05) is 6.92 Å². The zero-order chi connectivity index (χ0) is 18.5. The van der Waals surface area contributed by atoms with E-state index in [1.54, 1.807) is 19.2 Å². The number of esters is 1. The van der Waals surface area contributed by atoms with Crippen molar-refractivity contribution in [2.45, 2.75) is 19.4 Å². The van der Waals surface area contributed by atoms with E-state index < -0.39 is 18.0 Å². The van der Waals surface area contributed by atoms with Gasteiger partial charge < -0.3 is 14.5 Å². The Kier molecular flexibility index (Phi) is 4.89. The molecule has 3 aromatic heterocycles. The Balaban J connectivity index is 1.77. The molecule has 3 rings (SSSR count). The number of ether oxygens (including phenoxy) is 1. The second-order valence-electron chi connectivity index (χ2n) is 5.23. The van der Waals surface area contributed by atoms with Crippen molar-refractivity contribution in [3.8, 4) is 6.07 Å². The highest BCUT2D eigenvalue weighted by molar-refractivity contribution is 6.02. The van der Waals surface area contributed by atoms with Gasteiger partial charge in [0.25, 0.3) is 5.91 Å². The quantitative estimate of drug-likeness (QED) is 0.500. The number of nitriles is 1. The fraction of sp³-hybridized carbons (Fsp3) is 0.250. The molecule has 0 bridgehead atoms. The molecule has 0 radical (unpaired) electrons. The van der Waals surface area contributed by atoms with Gasteiger partial charge in [0.15, 0.2) is 11.8 Å². The van der Waals surface area contributed by atoms with Crippen LogP contribution in [0.4, 0.5) is 0 Å². The first kappa shape index (κ1) is 17.1. The lowest BCUT2D eigenvalue weighted by Gasteiger charge is -2.12. The molecule has 3 heterocycles. The molecular weight excluding hydrogens is 340 g/mol. The maximum Gasteiger partial charge on any atom is 0.341 e. The summed E-state index contributed by atoms with van der Waals surface area (Å²) in [6.45, 7) is 1.64. The average Bonchev–Trinajstić information content (AvgIpc) is 3.32. The van der Waals surface area contributed by atoms with Crippen molar-refractivity contribution >= 4 is 22.8 Å². The summed E-state index contributed by atoms with van der Waals surface area (Å²) in [5.74, 6) is -1.06. The van der Waals surface area contributed by atoms with E-state index in [0.717, 1.165) is 6.26 Å². The molecule has 0 saturated carbocycles. The molecule has 2 N–H and O–H groups in total. The van der Waals surface area contributed by atoms with Gasteiger partial charge in [0.05, 0.1) is 29.5 Å². The van der Waals surface area contributed by atoms with Gasteiger partial charge in [0, 0.05) is 11.6 Å². The van der Waals surface area contributed by atoms with E-state index in [0.29, 0.717) is 17.3 Å². The normalized spacial score (nSPS) is 11.7. The molecule has 0 spiro atoms. The van der Waals surface area contributed by atoms with Crippen LogP contribution in [0.3, 0.4) is 0 Å². The Hall–Kier alpha value is -3.74. The van der Waals surface area contributed by atoms with Gasteiger partial charge in [-0.3, -0.25) is 14.9 Å². The molecule has 0 aliphatic carbocycles. The first-order chi connectivity index (χ1) is 12.6. The Bertz CT molecular complexity index is 986. The van der Waals surface area contributed by atoms with E-state index in [1.165, 1.54) is 12.4 Å². The Morgan fingerprint density at radius 2 is 2.27 bits per heavy atom. The first-order valence-electron chi connectivity index (χ1n) is 7.72. The van der Waals surface area contributed by atoms with Gasteiger partial charge in [-0.05, 0) is 6.42 Å². The molecule has 26 heavy (non-hydrogen) atoms. The number of rotatable bonds is 6. The number of carbonyl (C=O) groups excluding carboxylic acids is 2. The third kappa shape index (κ3) is 3.36. The SMILES string of the molecule is CCC(OC(=O)c1cncc2[nH]ncc12)c1nc(C(=O)NCC#N)co1. The predicted molar refractivity (Wildman–Crippen MR) is 86.8 cm³/mol. The molecule has 1 amide bonds. The fourth-order valence-corrected chi connectivity index (χ4v) is 2.28. The van der Waals surface area contributed by atoms with Crippen LogP contribution in [-0.4, -0.2) is 38.6 Å². The number of pyridine rings is 1. The maximum atomic E-state index is 12.5. The van der Waals surface area contributed by atoms with E-state index in [-0.39, 0.29) is 23.7 Å². The molecule has 0 aliphatic heterocycles. The Labute approximate surface area is 147 Å². The van der Waals surface area contributed by atoms with Crippen LogP contribution in [0, 0.1) is 11.3 Å². The largest absolute Gasteiger partial charge is 0.449 e. The number of amides is 1. The number of aromatic amines is 1. The standard InChI is InChI=1S/C16H14N6O4/c1-2-13(15-21-12(8-25-15)14(23)19-4-3-17)26-16(24)10-5-18-7-11-9(10)6-20-22-11/h5-8,13H,2,4H2,1H3,(H,19,23)(H,20,22). The summed E-state index contributed by atoms with van der Waals surface area (Å²) in [5.41, 5.74) is 0.872. The summed E-state index contributed by atoms with van der Waals surface area (Å²) in [7, 11) is 0. The van der Waals surface area contributed by atoms with E-state index in [1.807, 2.05) is 0 Å². The topological polar surface area (TPSA) is 147 Å². The molecule has 0 aromatic carbocycles. The Morgan fingerprint density at radius 3 is 3.04 bits per heavy atom. The summed E-state index contributed by atoms with van der Waals surface area (Å²) < 4.78 is 10.7. The monoisotopic (exact) mass is 354 g/mol. The van der Waals surface area contributed by atoms with Gasteiger partial charge in [-0.2, -0.15) is 10.4 Å². The predicted octanol–water partition coefficient (Wildman–Crippen LogP) is 1.51.